The lowest BCUT2D eigenvalue weighted by Gasteiger charge is -2.25. The van der Waals surface area contributed by atoms with E-state index in [4.69, 9.17) is 9.73 Å². The van der Waals surface area contributed by atoms with Gasteiger partial charge in [0.1, 0.15) is 4.75 Å². The van der Waals surface area contributed by atoms with E-state index in [1.54, 1.807) is 11.8 Å². The van der Waals surface area contributed by atoms with Gasteiger partial charge >= 0.3 is 0 Å². The number of carbonyl (C=O) groups excluding carboxylic acids is 1. The zero-order valence-corrected chi connectivity index (χ0v) is 12.7. The van der Waals surface area contributed by atoms with Crippen molar-refractivity contribution in [2.24, 2.45) is 22.7 Å². The second kappa shape index (κ2) is 4.73. The van der Waals surface area contributed by atoms with Crippen LogP contribution in [0.2, 0.25) is 0 Å². The molecule has 4 rings (SSSR count). The van der Waals surface area contributed by atoms with Gasteiger partial charge < -0.3 is 10.1 Å². The molecule has 20 heavy (non-hydrogen) atoms. The molecule has 2 saturated heterocycles. The fourth-order valence-corrected chi connectivity index (χ4v) is 5.54. The Bertz CT molecular complexity index is 461. The number of nitrogens with zero attached hydrogens (tertiary/aromatic N) is 1. The molecule has 0 aromatic heterocycles. The average molecular weight is 294 g/mol. The van der Waals surface area contributed by atoms with Crippen LogP contribution in [0.5, 0.6) is 0 Å². The molecule has 0 spiro atoms. The number of aliphatic imine (C=N–C) groups is 1. The standard InChI is InChI=1S/C15H22N2O2S/c1-15(11-4-5-19-8-11)13(18)17-14(20-15)16-12-7-9-2-3-10(12)6-9/h9-12H,2-8H2,1H3,(H,16,17,18)/t9-,10?,11-,12+,15?/m1/s1. The Morgan fingerprint density at radius 2 is 2.25 bits per heavy atom. The summed E-state index contributed by atoms with van der Waals surface area (Å²) in [6.07, 6.45) is 6.29. The van der Waals surface area contributed by atoms with Crippen molar-refractivity contribution in [3.8, 4) is 0 Å². The number of amidine groups is 1. The molecule has 4 nitrogen and oxygen atoms in total. The first-order valence-corrected chi connectivity index (χ1v) is 8.63. The lowest BCUT2D eigenvalue weighted by molar-refractivity contribution is -0.122. The summed E-state index contributed by atoms with van der Waals surface area (Å²) in [5, 5.41) is 3.89. The van der Waals surface area contributed by atoms with Gasteiger partial charge in [0.25, 0.3) is 0 Å². The van der Waals surface area contributed by atoms with E-state index in [1.807, 2.05) is 0 Å². The number of hydrogen-bond acceptors (Lipinski definition) is 4. The minimum absolute atomic E-state index is 0.125. The number of thioether (sulfide) groups is 1. The van der Waals surface area contributed by atoms with Gasteiger partial charge in [0.05, 0.1) is 12.6 Å². The number of rotatable bonds is 2. The lowest BCUT2D eigenvalue weighted by Crippen LogP contribution is -2.40. The first-order valence-electron chi connectivity index (χ1n) is 7.81. The zero-order chi connectivity index (χ0) is 13.7. The SMILES string of the molecule is CC1([C@@H]2CCOC2)SC(=N[C@H]2C[C@@H]3CCC2C3)NC1=O. The van der Waals surface area contributed by atoms with Crippen molar-refractivity contribution in [3.05, 3.63) is 0 Å². The predicted octanol–water partition coefficient (Wildman–Crippen LogP) is 2.19. The molecule has 0 aromatic carbocycles. The molecule has 2 unspecified atom stereocenters. The van der Waals surface area contributed by atoms with E-state index in [9.17, 15) is 4.79 Å². The molecule has 5 atom stereocenters. The van der Waals surface area contributed by atoms with Crippen LogP contribution in [0.4, 0.5) is 0 Å². The summed E-state index contributed by atoms with van der Waals surface area (Å²) in [5.41, 5.74) is 0. The van der Waals surface area contributed by atoms with Crippen LogP contribution in [0.15, 0.2) is 4.99 Å². The molecule has 110 valence electrons. The normalized spacial score (nSPS) is 49.2. The summed E-state index contributed by atoms with van der Waals surface area (Å²) in [5.74, 6) is 2.11. The van der Waals surface area contributed by atoms with Crippen molar-refractivity contribution in [3.63, 3.8) is 0 Å². The van der Waals surface area contributed by atoms with Gasteiger partial charge in [0.2, 0.25) is 5.91 Å². The predicted molar refractivity (Wildman–Crippen MR) is 79.7 cm³/mol. The number of nitrogens with one attached hydrogen (secondary N) is 1. The first kappa shape index (κ1) is 13.1. The van der Waals surface area contributed by atoms with E-state index in [0.29, 0.717) is 18.6 Å². The Hall–Kier alpha value is -0.550. The third kappa shape index (κ3) is 2.01. The maximum atomic E-state index is 12.4. The second-order valence-corrected chi connectivity index (χ2v) is 8.34. The van der Waals surface area contributed by atoms with Gasteiger partial charge in [-0.05, 0) is 44.4 Å². The molecular weight excluding hydrogens is 272 g/mol. The zero-order valence-electron chi connectivity index (χ0n) is 11.9. The van der Waals surface area contributed by atoms with E-state index in [2.05, 4.69) is 12.2 Å². The van der Waals surface area contributed by atoms with Crippen molar-refractivity contribution in [1.29, 1.82) is 0 Å². The van der Waals surface area contributed by atoms with Crippen LogP contribution in [-0.4, -0.2) is 35.1 Å². The molecular formula is C15H22N2O2S. The minimum atomic E-state index is -0.382. The number of ether oxygens (including phenoxy) is 1. The fraction of sp³-hybridized carbons (Fsp3) is 0.867. The van der Waals surface area contributed by atoms with Crippen molar-refractivity contribution in [2.45, 2.75) is 49.8 Å². The fourth-order valence-electron chi connectivity index (χ4n) is 4.31. The molecule has 2 aliphatic heterocycles. The highest BCUT2D eigenvalue weighted by Crippen LogP contribution is 2.47. The van der Waals surface area contributed by atoms with Crippen molar-refractivity contribution in [1.82, 2.24) is 5.32 Å². The van der Waals surface area contributed by atoms with E-state index >= 15 is 0 Å². The lowest BCUT2D eigenvalue weighted by atomic mass is 9.92. The summed E-state index contributed by atoms with van der Waals surface area (Å²) in [7, 11) is 0. The van der Waals surface area contributed by atoms with Gasteiger partial charge in [-0.3, -0.25) is 9.79 Å². The maximum Gasteiger partial charge on any atom is 0.242 e. The molecule has 5 heteroatoms. The highest BCUT2D eigenvalue weighted by molar-refractivity contribution is 8.16. The summed E-state index contributed by atoms with van der Waals surface area (Å²) < 4.78 is 5.08. The van der Waals surface area contributed by atoms with Gasteiger partial charge in [0.15, 0.2) is 5.17 Å². The second-order valence-electron chi connectivity index (χ2n) is 6.90. The molecule has 0 radical (unpaired) electrons. The Morgan fingerprint density at radius 3 is 2.90 bits per heavy atom. The molecule has 1 amide bonds. The molecule has 0 aromatic rings. The maximum absolute atomic E-state index is 12.4. The smallest absolute Gasteiger partial charge is 0.242 e. The Morgan fingerprint density at radius 1 is 1.35 bits per heavy atom. The van der Waals surface area contributed by atoms with Crippen molar-refractivity contribution in [2.75, 3.05) is 13.2 Å². The van der Waals surface area contributed by atoms with E-state index in [-0.39, 0.29) is 10.7 Å². The van der Waals surface area contributed by atoms with Crippen LogP contribution < -0.4 is 5.32 Å². The van der Waals surface area contributed by atoms with Crippen LogP contribution in [0, 0.1) is 17.8 Å². The molecule has 2 saturated carbocycles. The van der Waals surface area contributed by atoms with Crippen molar-refractivity contribution >= 4 is 22.8 Å². The van der Waals surface area contributed by atoms with Gasteiger partial charge in [-0.1, -0.05) is 18.2 Å². The molecule has 2 bridgehead atoms. The number of amides is 1. The van der Waals surface area contributed by atoms with E-state index in [0.717, 1.165) is 30.0 Å². The molecule has 1 N–H and O–H groups in total. The minimum Gasteiger partial charge on any atom is -0.381 e. The third-order valence-electron chi connectivity index (χ3n) is 5.67. The molecule has 4 aliphatic rings. The van der Waals surface area contributed by atoms with Gasteiger partial charge in [0, 0.05) is 12.5 Å². The largest absolute Gasteiger partial charge is 0.381 e. The van der Waals surface area contributed by atoms with Gasteiger partial charge in [-0.2, -0.15) is 0 Å². The highest BCUT2D eigenvalue weighted by atomic mass is 32.2. The summed E-state index contributed by atoms with van der Waals surface area (Å²) in [4.78, 5) is 17.2. The summed E-state index contributed by atoms with van der Waals surface area (Å²) in [6.45, 7) is 3.54. The number of fused-ring (bicyclic) bond motifs is 2. The Kier molecular flexibility index (Phi) is 3.11. The first-order chi connectivity index (χ1) is 9.65. The van der Waals surface area contributed by atoms with Crippen LogP contribution in [0.3, 0.4) is 0 Å². The van der Waals surface area contributed by atoms with Crippen LogP contribution >= 0.6 is 11.8 Å². The summed E-state index contributed by atoms with van der Waals surface area (Å²) in [6, 6.07) is 0.457. The van der Waals surface area contributed by atoms with E-state index < -0.39 is 0 Å². The third-order valence-corrected chi connectivity index (χ3v) is 7.02. The van der Waals surface area contributed by atoms with Crippen LogP contribution in [-0.2, 0) is 9.53 Å². The highest BCUT2D eigenvalue weighted by Gasteiger charge is 2.50. The molecule has 4 fully saturated rings. The number of hydrogen-bond donors (Lipinski definition) is 1. The topological polar surface area (TPSA) is 50.7 Å². The van der Waals surface area contributed by atoms with Crippen LogP contribution in [0.25, 0.3) is 0 Å². The monoisotopic (exact) mass is 294 g/mol. The Balaban J connectivity index is 1.50. The average Bonchev–Trinajstić information content (AvgIpc) is 3.16. The molecule has 2 heterocycles. The Labute approximate surface area is 124 Å². The summed E-state index contributed by atoms with van der Waals surface area (Å²) >= 11 is 1.64. The molecule has 2 aliphatic carbocycles. The number of carbonyl (C=O) groups is 1. The van der Waals surface area contributed by atoms with Gasteiger partial charge in [-0.25, -0.2) is 0 Å². The van der Waals surface area contributed by atoms with Gasteiger partial charge in [-0.15, -0.1) is 0 Å². The van der Waals surface area contributed by atoms with Crippen LogP contribution in [0.1, 0.15) is 39.0 Å². The quantitative estimate of drug-likeness (QED) is 0.849. The van der Waals surface area contributed by atoms with E-state index in [1.165, 1.54) is 25.7 Å². The van der Waals surface area contributed by atoms with Crippen molar-refractivity contribution < 1.29 is 9.53 Å².